The van der Waals surface area contributed by atoms with Crippen LogP contribution in [0, 0.1) is 0 Å². The Morgan fingerprint density at radius 1 is 1.27 bits per heavy atom. The van der Waals surface area contributed by atoms with Gasteiger partial charge in [-0.3, -0.25) is 5.10 Å². The van der Waals surface area contributed by atoms with Crippen molar-refractivity contribution < 1.29 is 0 Å². The van der Waals surface area contributed by atoms with Crippen LogP contribution in [0.2, 0.25) is 0 Å². The zero-order valence-corrected chi connectivity index (χ0v) is 5.70. The molecule has 5 nitrogen and oxygen atoms in total. The van der Waals surface area contributed by atoms with Crippen molar-refractivity contribution in [2.75, 3.05) is 11.5 Å². The molecule has 0 aliphatic carbocycles. The lowest BCUT2D eigenvalue weighted by Crippen LogP contribution is -1.89. The lowest BCUT2D eigenvalue weighted by atomic mass is 10.3. The molecule has 0 saturated carbocycles. The Kier molecular flexibility index (Phi) is 1.00. The summed E-state index contributed by atoms with van der Waals surface area (Å²) in [4.78, 5) is 3.98. The van der Waals surface area contributed by atoms with E-state index < -0.39 is 0 Å². The number of aromatic nitrogens is 3. The predicted octanol–water partition coefficient (Wildman–Crippen LogP) is 0.122. The highest BCUT2D eigenvalue weighted by Crippen LogP contribution is 2.15. The Balaban J connectivity index is 2.86. The van der Waals surface area contributed by atoms with E-state index in [1.165, 1.54) is 0 Å². The van der Waals surface area contributed by atoms with E-state index in [1.54, 1.807) is 12.1 Å². The van der Waals surface area contributed by atoms with Gasteiger partial charge in [0.2, 0.25) is 0 Å². The highest BCUT2D eigenvalue weighted by molar-refractivity contribution is 5.86. The first-order valence-corrected chi connectivity index (χ1v) is 3.13. The molecule has 0 unspecified atom stereocenters. The Labute approximate surface area is 62.4 Å². The van der Waals surface area contributed by atoms with Crippen molar-refractivity contribution in [3.05, 3.63) is 12.1 Å². The Morgan fingerprint density at radius 3 is 2.91 bits per heavy atom. The van der Waals surface area contributed by atoms with Crippen molar-refractivity contribution >= 4 is 22.7 Å². The third-order valence-corrected chi connectivity index (χ3v) is 1.47. The monoisotopic (exact) mass is 149 g/mol. The molecule has 0 bridgehead atoms. The van der Waals surface area contributed by atoms with E-state index in [1.807, 2.05) is 0 Å². The lowest BCUT2D eigenvalue weighted by molar-refractivity contribution is 1.11. The number of anilines is 2. The maximum Gasteiger partial charge on any atom is 0.159 e. The van der Waals surface area contributed by atoms with Crippen molar-refractivity contribution in [1.29, 1.82) is 0 Å². The lowest BCUT2D eigenvalue weighted by Gasteiger charge is -1.90. The van der Waals surface area contributed by atoms with E-state index in [2.05, 4.69) is 15.2 Å². The van der Waals surface area contributed by atoms with E-state index >= 15 is 0 Å². The van der Waals surface area contributed by atoms with Gasteiger partial charge < -0.3 is 11.5 Å². The van der Waals surface area contributed by atoms with Gasteiger partial charge in [-0.2, -0.15) is 5.10 Å². The number of nitrogens with two attached hydrogens (primary N) is 2. The van der Waals surface area contributed by atoms with Crippen molar-refractivity contribution in [1.82, 2.24) is 15.2 Å². The predicted molar refractivity (Wildman–Crippen MR) is 42.7 cm³/mol. The number of hydrogen-bond acceptors (Lipinski definition) is 4. The van der Waals surface area contributed by atoms with E-state index in [9.17, 15) is 0 Å². The van der Waals surface area contributed by atoms with Crippen LogP contribution >= 0.6 is 0 Å². The summed E-state index contributed by atoms with van der Waals surface area (Å²) in [7, 11) is 0. The number of hydrogen-bond donors (Lipinski definition) is 3. The summed E-state index contributed by atoms with van der Waals surface area (Å²) in [5, 5.41) is 7.24. The molecule has 56 valence electrons. The molecule has 0 aromatic carbocycles. The van der Waals surface area contributed by atoms with Crippen molar-refractivity contribution in [3.63, 3.8) is 0 Å². The molecule has 0 amide bonds. The van der Waals surface area contributed by atoms with Gasteiger partial charge in [0, 0.05) is 0 Å². The second-order valence-corrected chi connectivity index (χ2v) is 2.24. The van der Waals surface area contributed by atoms with Crippen LogP contribution < -0.4 is 11.5 Å². The first-order valence-electron chi connectivity index (χ1n) is 3.13. The summed E-state index contributed by atoms with van der Waals surface area (Å²) >= 11 is 0. The summed E-state index contributed by atoms with van der Waals surface area (Å²) in [6.45, 7) is 0. The van der Waals surface area contributed by atoms with Crippen LogP contribution in [0.5, 0.6) is 0 Å². The van der Waals surface area contributed by atoms with Gasteiger partial charge in [-0.25, -0.2) is 4.98 Å². The fourth-order valence-corrected chi connectivity index (χ4v) is 0.940. The van der Waals surface area contributed by atoms with Crippen LogP contribution in [0.3, 0.4) is 0 Å². The maximum atomic E-state index is 5.50. The van der Waals surface area contributed by atoms with Gasteiger partial charge in [0.15, 0.2) is 11.5 Å². The molecular weight excluding hydrogens is 142 g/mol. The van der Waals surface area contributed by atoms with Gasteiger partial charge in [-0.15, -0.1) is 0 Å². The third-order valence-electron chi connectivity index (χ3n) is 1.47. The van der Waals surface area contributed by atoms with Gasteiger partial charge in [-0.1, -0.05) is 0 Å². The molecule has 0 aliphatic heterocycles. The Hall–Kier alpha value is -1.78. The van der Waals surface area contributed by atoms with E-state index in [4.69, 9.17) is 11.5 Å². The molecule has 2 aromatic rings. The molecule has 0 saturated heterocycles. The number of pyridine rings is 1. The van der Waals surface area contributed by atoms with Crippen LogP contribution in [0.1, 0.15) is 0 Å². The number of aromatic amines is 1. The molecule has 5 N–H and O–H groups in total. The second-order valence-electron chi connectivity index (χ2n) is 2.24. The number of nitrogens with one attached hydrogen (secondary N) is 1. The summed E-state index contributed by atoms with van der Waals surface area (Å²) in [6, 6.07) is 3.48. The van der Waals surface area contributed by atoms with Crippen LogP contribution in [-0.4, -0.2) is 15.2 Å². The van der Waals surface area contributed by atoms with Gasteiger partial charge in [0.05, 0.1) is 5.39 Å². The highest BCUT2D eigenvalue weighted by atomic mass is 15.2. The normalized spacial score (nSPS) is 10.5. The smallest absolute Gasteiger partial charge is 0.159 e. The van der Waals surface area contributed by atoms with Crippen molar-refractivity contribution in [3.8, 4) is 0 Å². The standard InChI is InChI=1S/C6H7N5/c7-4-2-1-3-5(8)10-11-6(3)9-4/h1-2H,(H5,7,8,9,10,11). The number of fused-ring (bicyclic) bond motifs is 1. The molecule has 0 aliphatic rings. The Bertz CT molecular complexity index is 391. The molecular formula is C6H7N5. The average Bonchev–Trinajstić information content (AvgIpc) is 2.32. The summed E-state index contributed by atoms with van der Waals surface area (Å²) in [5.41, 5.74) is 11.6. The summed E-state index contributed by atoms with van der Waals surface area (Å²) in [5.74, 6) is 0.911. The molecule has 0 fully saturated rings. The number of H-pyrrole nitrogens is 1. The van der Waals surface area contributed by atoms with Gasteiger partial charge in [0.25, 0.3) is 0 Å². The van der Waals surface area contributed by atoms with Crippen LogP contribution in [0.25, 0.3) is 11.0 Å². The minimum absolute atomic E-state index is 0.451. The molecule has 2 rings (SSSR count). The van der Waals surface area contributed by atoms with Crippen LogP contribution in [-0.2, 0) is 0 Å². The molecule has 2 heterocycles. The van der Waals surface area contributed by atoms with E-state index in [-0.39, 0.29) is 0 Å². The number of nitrogen functional groups attached to an aromatic ring is 2. The quantitative estimate of drug-likeness (QED) is 0.496. The van der Waals surface area contributed by atoms with Crippen molar-refractivity contribution in [2.24, 2.45) is 0 Å². The minimum atomic E-state index is 0.451. The molecule has 0 radical (unpaired) electrons. The highest BCUT2D eigenvalue weighted by Gasteiger charge is 2.01. The van der Waals surface area contributed by atoms with Crippen LogP contribution in [0.4, 0.5) is 11.6 Å². The van der Waals surface area contributed by atoms with Gasteiger partial charge in [-0.05, 0) is 12.1 Å². The first kappa shape index (κ1) is 5.96. The summed E-state index contributed by atoms with van der Waals surface area (Å²) in [6.07, 6.45) is 0. The molecule has 0 spiro atoms. The van der Waals surface area contributed by atoms with E-state index in [0.29, 0.717) is 17.3 Å². The molecule has 0 atom stereocenters. The van der Waals surface area contributed by atoms with E-state index in [0.717, 1.165) is 5.39 Å². The van der Waals surface area contributed by atoms with Crippen molar-refractivity contribution in [2.45, 2.75) is 0 Å². The molecule has 11 heavy (non-hydrogen) atoms. The van der Waals surface area contributed by atoms with Crippen LogP contribution in [0.15, 0.2) is 12.1 Å². The Morgan fingerprint density at radius 2 is 2.09 bits per heavy atom. The van der Waals surface area contributed by atoms with Gasteiger partial charge >= 0.3 is 0 Å². The third kappa shape index (κ3) is 0.778. The SMILES string of the molecule is Nc1ccc2c(N)n[nH]c2n1. The largest absolute Gasteiger partial charge is 0.384 e. The fraction of sp³-hybridized carbons (Fsp3) is 0. The first-order chi connectivity index (χ1) is 5.27. The topological polar surface area (TPSA) is 93.6 Å². The molecule has 2 aromatic heterocycles. The summed E-state index contributed by atoms with van der Waals surface area (Å²) < 4.78 is 0. The maximum absolute atomic E-state index is 5.50. The zero-order chi connectivity index (χ0) is 7.84. The second kappa shape index (κ2) is 1.85. The number of nitrogens with zero attached hydrogens (tertiary/aromatic N) is 2. The fourth-order valence-electron chi connectivity index (χ4n) is 0.940. The number of rotatable bonds is 0. The molecule has 5 heteroatoms. The van der Waals surface area contributed by atoms with Gasteiger partial charge in [0.1, 0.15) is 5.82 Å². The minimum Gasteiger partial charge on any atom is -0.384 e. The zero-order valence-electron chi connectivity index (χ0n) is 5.70. The average molecular weight is 149 g/mol.